The largest absolute Gasteiger partial charge is 0.493 e. The Morgan fingerprint density at radius 2 is 1.67 bits per heavy atom. The number of nitrogens with zero attached hydrogens (tertiary/aromatic N) is 3. The van der Waals surface area contributed by atoms with E-state index in [1.54, 1.807) is 7.11 Å². The summed E-state index contributed by atoms with van der Waals surface area (Å²) in [5.41, 5.74) is 11.3. The maximum Gasteiger partial charge on any atom is 0.162 e. The highest BCUT2D eigenvalue weighted by atomic mass is 16.5. The number of methoxy groups -OCH3 is 1. The molecule has 0 saturated heterocycles. The maximum absolute atomic E-state index is 13.9. The molecule has 39 heavy (non-hydrogen) atoms. The average Bonchev–Trinajstić information content (AvgIpc) is 2.96. The van der Waals surface area contributed by atoms with E-state index in [0.717, 1.165) is 22.4 Å². The molecule has 1 heterocycles. The highest BCUT2D eigenvalue weighted by molar-refractivity contribution is 6.00. The minimum Gasteiger partial charge on any atom is -0.493 e. The number of allylic oxidation sites excluding steroid dienone is 3. The second-order valence-electron chi connectivity index (χ2n) is 9.99. The van der Waals surface area contributed by atoms with Gasteiger partial charge in [0, 0.05) is 31.8 Å². The normalized spacial score (nSPS) is 19.2. The van der Waals surface area contributed by atoms with Crippen molar-refractivity contribution in [3.05, 3.63) is 118 Å². The van der Waals surface area contributed by atoms with Crippen LogP contribution in [-0.4, -0.2) is 37.0 Å². The molecule has 2 N–H and O–H groups in total. The molecule has 0 spiro atoms. The highest BCUT2D eigenvalue weighted by Crippen LogP contribution is 2.49. The molecular weight excluding hydrogens is 488 g/mol. The number of hydrogen-bond donors (Lipinski definition) is 1. The molecule has 3 aromatic rings. The van der Waals surface area contributed by atoms with E-state index >= 15 is 0 Å². The van der Waals surface area contributed by atoms with E-state index in [-0.39, 0.29) is 11.7 Å². The molecule has 0 saturated carbocycles. The van der Waals surface area contributed by atoms with Gasteiger partial charge >= 0.3 is 0 Å². The smallest absolute Gasteiger partial charge is 0.162 e. The summed E-state index contributed by atoms with van der Waals surface area (Å²) in [7, 11) is 5.32. The van der Waals surface area contributed by atoms with Gasteiger partial charge in [-0.15, -0.1) is 0 Å². The number of nitrogens with two attached hydrogens (primary N) is 1. The lowest BCUT2D eigenvalue weighted by molar-refractivity contribution is -0.117. The second kappa shape index (κ2) is 11.1. The van der Waals surface area contributed by atoms with Gasteiger partial charge in [0.1, 0.15) is 12.4 Å². The van der Waals surface area contributed by atoms with Crippen LogP contribution in [0.2, 0.25) is 0 Å². The van der Waals surface area contributed by atoms with Crippen LogP contribution in [0, 0.1) is 11.3 Å². The highest BCUT2D eigenvalue weighted by Gasteiger charge is 2.43. The van der Waals surface area contributed by atoms with Gasteiger partial charge in [0.25, 0.3) is 0 Å². The first-order valence-electron chi connectivity index (χ1n) is 13.0. The Morgan fingerprint density at radius 3 is 2.31 bits per heavy atom. The minimum absolute atomic E-state index is 0.0191. The van der Waals surface area contributed by atoms with Crippen molar-refractivity contribution in [1.29, 1.82) is 5.26 Å². The van der Waals surface area contributed by atoms with E-state index in [1.165, 1.54) is 0 Å². The van der Waals surface area contributed by atoms with Crippen molar-refractivity contribution in [2.45, 2.75) is 31.3 Å². The third-order valence-corrected chi connectivity index (χ3v) is 7.37. The Hall–Kier alpha value is -4.54. The van der Waals surface area contributed by atoms with E-state index < -0.39 is 5.92 Å². The van der Waals surface area contributed by atoms with Crippen LogP contribution in [-0.2, 0) is 11.4 Å². The zero-order chi connectivity index (χ0) is 27.5. The third-order valence-electron chi connectivity index (χ3n) is 7.37. The zero-order valence-electron chi connectivity index (χ0n) is 22.4. The predicted octanol–water partition coefficient (Wildman–Crippen LogP) is 5.24. The van der Waals surface area contributed by atoms with Gasteiger partial charge in [-0.25, -0.2) is 5.01 Å². The number of rotatable bonds is 7. The minimum atomic E-state index is -0.595. The Bertz CT molecular complexity index is 1470. The van der Waals surface area contributed by atoms with Crippen LogP contribution in [0.15, 0.2) is 102 Å². The van der Waals surface area contributed by atoms with Crippen LogP contribution in [0.25, 0.3) is 0 Å². The summed E-state index contributed by atoms with van der Waals surface area (Å²) in [5, 5.41) is 13.9. The van der Waals surface area contributed by atoms with E-state index in [1.807, 2.05) is 90.8 Å². The Balaban J connectivity index is 1.56. The van der Waals surface area contributed by atoms with Crippen LogP contribution in [0.3, 0.4) is 0 Å². The van der Waals surface area contributed by atoms with Crippen molar-refractivity contribution < 1.29 is 14.3 Å². The Labute approximate surface area is 229 Å². The van der Waals surface area contributed by atoms with Crippen LogP contribution in [0.5, 0.6) is 11.5 Å². The van der Waals surface area contributed by atoms with Gasteiger partial charge in [0.05, 0.1) is 24.7 Å². The number of ether oxygens (including phenoxy) is 2. The fraction of sp³-hybridized carbons (Fsp3) is 0.250. The van der Waals surface area contributed by atoms with Crippen molar-refractivity contribution in [3.8, 4) is 17.6 Å². The lowest BCUT2D eigenvalue weighted by Crippen LogP contribution is -2.46. The summed E-state index contributed by atoms with van der Waals surface area (Å²) in [6.45, 7) is 0.392. The quantitative estimate of drug-likeness (QED) is 0.455. The molecule has 0 aromatic heterocycles. The van der Waals surface area contributed by atoms with E-state index in [0.29, 0.717) is 47.9 Å². The number of nitriles is 1. The molecule has 0 bridgehead atoms. The first-order chi connectivity index (χ1) is 18.9. The number of hydrazine groups is 1. The Morgan fingerprint density at radius 1 is 0.974 bits per heavy atom. The monoisotopic (exact) mass is 520 g/mol. The van der Waals surface area contributed by atoms with Crippen LogP contribution >= 0.6 is 0 Å². The molecule has 1 aliphatic heterocycles. The summed E-state index contributed by atoms with van der Waals surface area (Å²) in [6.07, 6.45) is 1.00. The van der Waals surface area contributed by atoms with Crippen molar-refractivity contribution >= 4 is 5.78 Å². The predicted molar refractivity (Wildman–Crippen MR) is 149 cm³/mol. The van der Waals surface area contributed by atoms with E-state index in [4.69, 9.17) is 15.2 Å². The van der Waals surface area contributed by atoms with Gasteiger partial charge in [-0.2, -0.15) is 5.26 Å². The van der Waals surface area contributed by atoms with Crippen molar-refractivity contribution in [2.75, 3.05) is 21.2 Å². The molecule has 0 unspecified atom stereocenters. The molecule has 0 amide bonds. The number of benzene rings is 3. The zero-order valence-corrected chi connectivity index (χ0v) is 22.4. The number of Topliss-reactive ketones (excluding diaryl/α,β-unsaturated/α-hetero) is 1. The van der Waals surface area contributed by atoms with Gasteiger partial charge in [-0.3, -0.25) is 9.80 Å². The molecule has 2 aliphatic rings. The topological polar surface area (TPSA) is 91.8 Å². The molecule has 1 aliphatic carbocycles. The molecule has 0 radical (unpaired) electrons. The maximum atomic E-state index is 13.9. The van der Waals surface area contributed by atoms with Gasteiger partial charge in [0.2, 0.25) is 0 Å². The number of hydrogen-bond acceptors (Lipinski definition) is 7. The standard InChI is InChI=1S/C32H32N4O3/c1-35(2)36-26-16-24(22-12-8-5-9-13-22)17-27(37)31(26)30(25(19-33)32(36)34)23-14-15-28(29(18-23)38-3)39-20-21-10-6-4-7-11-21/h4-15,18,24,30H,16-17,20,34H2,1-3H3/t24-,30-/m1/s1. The summed E-state index contributed by atoms with van der Waals surface area (Å²) in [4.78, 5) is 13.9. The fourth-order valence-electron chi connectivity index (χ4n) is 5.58. The molecule has 7 heteroatoms. The van der Waals surface area contributed by atoms with Gasteiger partial charge in [-0.05, 0) is 41.2 Å². The number of ketones is 1. The number of carbonyl (C=O) groups excluding carboxylic acids is 1. The Kier molecular flexibility index (Phi) is 7.40. The molecular formula is C32H32N4O3. The summed E-state index contributed by atoms with van der Waals surface area (Å²) in [6, 6.07) is 27.9. The first-order valence-corrected chi connectivity index (χ1v) is 13.0. The number of carbonyl (C=O) groups is 1. The van der Waals surface area contributed by atoms with Crippen LogP contribution in [0.4, 0.5) is 0 Å². The third kappa shape index (κ3) is 4.99. The van der Waals surface area contributed by atoms with Crippen molar-refractivity contribution in [1.82, 2.24) is 10.0 Å². The fourth-order valence-corrected chi connectivity index (χ4v) is 5.58. The molecule has 7 nitrogen and oxygen atoms in total. The van der Waals surface area contributed by atoms with Gasteiger partial charge in [-0.1, -0.05) is 66.7 Å². The molecule has 5 rings (SSSR count). The molecule has 2 atom stereocenters. The van der Waals surface area contributed by atoms with Crippen molar-refractivity contribution in [2.24, 2.45) is 5.73 Å². The lowest BCUT2D eigenvalue weighted by Gasteiger charge is -2.43. The molecule has 0 fully saturated rings. The SMILES string of the molecule is COc1cc([C@@H]2C(C#N)=C(N)N(N(C)C)C3=C2C(=O)C[C@H](c2ccccc2)C3)ccc1OCc1ccccc1. The molecule has 3 aromatic carbocycles. The lowest BCUT2D eigenvalue weighted by atomic mass is 9.72. The average molecular weight is 521 g/mol. The van der Waals surface area contributed by atoms with Crippen molar-refractivity contribution in [3.63, 3.8) is 0 Å². The van der Waals surface area contributed by atoms with Crippen LogP contribution < -0.4 is 15.2 Å². The van der Waals surface area contributed by atoms with Crippen LogP contribution in [0.1, 0.15) is 41.4 Å². The second-order valence-corrected chi connectivity index (χ2v) is 9.99. The van der Waals surface area contributed by atoms with E-state index in [2.05, 4.69) is 18.2 Å². The summed E-state index contributed by atoms with van der Waals surface area (Å²) in [5.74, 6) is 0.894. The van der Waals surface area contributed by atoms with E-state index in [9.17, 15) is 10.1 Å². The summed E-state index contributed by atoms with van der Waals surface area (Å²) >= 11 is 0. The van der Waals surface area contributed by atoms with Gasteiger partial charge in [0.15, 0.2) is 17.3 Å². The first kappa shape index (κ1) is 26.1. The summed E-state index contributed by atoms with van der Waals surface area (Å²) < 4.78 is 11.7. The van der Waals surface area contributed by atoms with Gasteiger partial charge < -0.3 is 15.2 Å². The molecule has 198 valence electrons.